The Hall–Kier alpha value is -1.39. The summed E-state index contributed by atoms with van der Waals surface area (Å²) in [5.41, 5.74) is 0.672. The Labute approximate surface area is 88.6 Å². The lowest BCUT2D eigenvalue weighted by Gasteiger charge is -2.21. The summed E-state index contributed by atoms with van der Waals surface area (Å²) in [6.07, 6.45) is -0.889. The van der Waals surface area contributed by atoms with Crippen LogP contribution in [0.2, 0.25) is 0 Å². The van der Waals surface area contributed by atoms with Crippen LogP contribution in [0.15, 0.2) is 30.3 Å². The highest BCUT2D eigenvalue weighted by molar-refractivity contribution is 5.73. The normalized spacial score (nSPS) is 14.3. The third-order valence-corrected chi connectivity index (χ3v) is 2.11. The Kier molecular flexibility index (Phi) is 4.27. The quantitative estimate of drug-likeness (QED) is 0.664. The van der Waals surface area contributed by atoms with Gasteiger partial charge in [-0.3, -0.25) is 4.79 Å². The van der Waals surface area contributed by atoms with Gasteiger partial charge in [0.15, 0.2) is 0 Å². The topological polar surface area (TPSA) is 69.6 Å². The van der Waals surface area contributed by atoms with Gasteiger partial charge in [-0.2, -0.15) is 0 Å². The molecule has 1 aromatic rings. The molecular weight excluding hydrogens is 194 g/mol. The average Bonchev–Trinajstić information content (AvgIpc) is 2.26. The second-order valence-corrected chi connectivity index (χ2v) is 3.35. The molecule has 0 saturated carbocycles. The van der Waals surface area contributed by atoms with Crippen LogP contribution >= 0.6 is 0 Å². The van der Waals surface area contributed by atoms with Gasteiger partial charge in [0.25, 0.3) is 0 Å². The molecule has 0 spiro atoms. The van der Waals surface area contributed by atoms with E-state index in [0.29, 0.717) is 5.56 Å². The zero-order chi connectivity index (χ0) is 11.3. The molecule has 0 bridgehead atoms. The summed E-state index contributed by atoms with van der Waals surface area (Å²) in [6, 6.07) is 8.25. The van der Waals surface area contributed by atoms with Crippen molar-refractivity contribution in [1.82, 2.24) is 5.32 Å². The molecule has 0 aliphatic rings. The summed E-state index contributed by atoms with van der Waals surface area (Å²) in [5.74, 6) is -0.274. The molecule has 0 radical (unpaired) electrons. The van der Waals surface area contributed by atoms with Crippen molar-refractivity contribution in [2.24, 2.45) is 0 Å². The van der Waals surface area contributed by atoms with Crippen molar-refractivity contribution in [3.05, 3.63) is 35.9 Å². The van der Waals surface area contributed by atoms with Gasteiger partial charge in [0.1, 0.15) is 6.10 Å². The molecule has 1 aromatic carbocycles. The molecule has 82 valence electrons. The Morgan fingerprint density at radius 2 is 2.00 bits per heavy atom. The number of aliphatic hydroxyl groups excluding tert-OH is 2. The zero-order valence-electron chi connectivity index (χ0n) is 8.55. The molecule has 0 aromatic heterocycles. The molecule has 15 heavy (non-hydrogen) atoms. The van der Waals surface area contributed by atoms with Gasteiger partial charge in [-0.15, -0.1) is 0 Å². The second-order valence-electron chi connectivity index (χ2n) is 3.35. The van der Waals surface area contributed by atoms with Crippen molar-refractivity contribution < 1.29 is 15.0 Å². The highest BCUT2D eigenvalue weighted by Crippen LogP contribution is 2.15. The van der Waals surface area contributed by atoms with E-state index in [0.717, 1.165) is 0 Å². The Morgan fingerprint density at radius 1 is 1.40 bits per heavy atom. The maximum Gasteiger partial charge on any atom is 0.217 e. The molecule has 4 heteroatoms. The van der Waals surface area contributed by atoms with Gasteiger partial charge < -0.3 is 15.5 Å². The van der Waals surface area contributed by atoms with E-state index in [-0.39, 0.29) is 12.5 Å². The second kappa shape index (κ2) is 5.48. The number of carbonyl (C=O) groups excluding carboxylic acids is 1. The van der Waals surface area contributed by atoms with E-state index in [1.165, 1.54) is 6.92 Å². The molecule has 0 fully saturated rings. The van der Waals surface area contributed by atoms with Gasteiger partial charge in [-0.1, -0.05) is 30.3 Å². The highest BCUT2D eigenvalue weighted by Gasteiger charge is 2.20. The van der Waals surface area contributed by atoms with Crippen molar-refractivity contribution in [1.29, 1.82) is 0 Å². The number of aliphatic hydroxyl groups is 2. The maximum atomic E-state index is 10.8. The number of hydrogen-bond acceptors (Lipinski definition) is 3. The number of rotatable bonds is 4. The predicted molar refractivity (Wildman–Crippen MR) is 56.1 cm³/mol. The number of hydrogen-bond donors (Lipinski definition) is 3. The molecule has 2 atom stereocenters. The predicted octanol–water partition coefficient (Wildman–Crippen LogP) is 0.217. The lowest BCUT2D eigenvalue weighted by molar-refractivity contribution is -0.121. The van der Waals surface area contributed by atoms with E-state index >= 15 is 0 Å². The van der Waals surface area contributed by atoms with Gasteiger partial charge in [-0.25, -0.2) is 0 Å². The summed E-state index contributed by atoms with van der Waals surface area (Å²) in [4.78, 5) is 10.8. The maximum absolute atomic E-state index is 10.8. The van der Waals surface area contributed by atoms with Gasteiger partial charge in [0.05, 0.1) is 12.6 Å². The number of nitrogens with one attached hydrogen (secondary N) is 1. The van der Waals surface area contributed by atoms with Crippen LogP contribution in [-0.2, 0) is 4.79 Å². The fraction of sp³-hybridized carbons (Fsp3) is 0.364. The van der Waals surface area contributed by atoms with Crippen LogP contribution in [-0.4, -0.2) is 28.8 Å². The van der Waals surface area contributed by atoms with E-state index in [2.05, 4.69) is 5.32 Å². The van der Waals surface area contributed by atoms with Crippen LogP contribution in [0, 0.1) is 0 Å². The van der Waals surface area contributed by atoms with Crippen molar-refractivity contribution in [2.75, 3.05) is 6.61 Å². The van der Waals surface area contributed by atoms with Crippen molar-refractivity contribution in [3.8, 4) is 0 Å². The smallest absolute Gasteiger partial charge is 0.217 e. The molecule has 0 aliphatic carbocycles. The first kappa shape index (κ1) is 11.7. The largest absolute Gasteiger partial charge is 0.394 e. The summed E-state index contributed by atoms with van der Waals surface area (Å²) in [7, 11) is 0. The molecule has 4 nitrogen and oxygen atoms in total. The Balaban J connectivity index is 2.73. The van der Waals surface area contributed by atoms with E-state index in [9.17, 15) is 9.90 Å². The fourth-order valence-corrected chi connectivity index (χ4v) is 1.37. The summed E-state index contributed by atoms with van der Waals surface area (Å²) < 4.78 is 0. The van der Waals surface area contributed by atoms with Gasteiger partial charge in [-0.05, 0) is 5.56 Å². The van der Waals surface area contributed by atoms with E-state index in [4.69, 9.17) is 5.11 Å². The summed E-state index contributed by atoms with van der Waals surface area (Å²) >= 11 is 0. The first-order chi connectivity index (χ1) is 7.15. The minimum Gasteiger partial charge on any atom is -0.394 e. The van der Waals surface area contributed by atoms with Crippen LogP contribution in [0.1, 0.15) is 18.6 Å². The Morgan fingerprint density at radius 3 is 2.47 bits per heavy atom. The van der Waals surface area contributed by atoms with Crippen LogP contribution in [0.3, 0.4) is 0 Å². The minimum atomic E-state index is -0.889. The number of benzene rings is 1. The molecule has 0 saturated heterocycles. The first-order valence-electron chi connectivity index (χ1n) is 4.76. The molecule has 1 rings (SSSR count). The van der Waals surface area contributed by atoms with Gasteiger partial charge >= 0.3 is 0 Å². The lowest BCUT2D eigenvalue weighted by atomic mass is 10.0. The molecular formula is C11H15NO3. The lowest BCUT2D eigenvalue weighted by Crippen LogP contribution is -2.40. The van der Waals surface area contributed by atoms with E-state index in [1.54, 1.807) is 24.3 Å². The molecule has 0 aliphatic heterocycles. The van der Waals surface area contributed by atoms with E-state index in [1.807, 2.05) is 6.07 Å². The van der Waals surface area contributed by atoms with Crippen molar-refractivity contribution >= 4 is 5.91 Å². The summed E-state index contributed by atoms with van der Waals surface area (Å²) in [5, 5.41) is 21.4. The molecule has 0 heterocycles. The highest BCUT2D eigenvalue weighted by atomic mass is 16.3. The van der Waals surface area contributed by atoms with Gasteiger partial charge in [0.2, 0.25) is 5.91 Å². The molecule has 1 amide bonds. The Bertz CT molecular complexity index is 313. The third kappa shape index (κ3) is 3.34. The summed E-state index contributed by atoms with van der Waals surface area (Å²) in [6.45, 7) is 1.05. The van der Waals surface area contributed by atoms with Crippen LogP contribution in [0.4, 0.5) is 0 Å². The first-order valence-corrected chi connectivity index (χ1v) is 4.76. The molecule has 3 N–H and O–H groups in total. The third-order valence-electron chi connectivity index (χ3n) is 2.11. The zero-order valence-corrected chi connectivity index (χ0v) is 8.55. The van der Waals surface area contributed by atoms with Gasteiger partial charge in [0, 0.05) is 6.92 Å². The number of amides is 1. The van der Waals surface area contributed by atoms with E-state index < -0.39 is 12.1 Å². The SMILES string of the molecule is CC(=O)N[C@@H](CO)[C@H](O)c1ccccc1. The van der Waals surface area contributed by atoms with Crippen LogP contribution < -0.4 is 5.32 Å². The standard InChI is InChI=1S/C11H15NO3/c1-8(14)12-10(7-13)11(15)9-5-3-2-4-6-9/h2-6,10-11,13,15H,7H2,1H3,(H,12,14)/t10-,11+/m0/s1. The average molecular weight is 209 g/mol. The fourth-order valence-electron chi connectivity index (χ4n) is 1.37. The van der Waals surface area contributed by atoms with Crippen LogP contribution in [0.5, 0.6) is 0 Å². The monoisotopic (exact) mass is 209 g/mol. The van der Waals surface area contributed by atoms with Crippen molar-refractivity contribution in [3.63, 3.8) is 0 Å². The minimum absolute atomic E-state index is 0.274. The molecule has 0 unspecified atom stereocenters. The number of carbonyl (C=O) groups is 1. The van der Waals surface area contributed by atoms with Crippen molar-refractivity contribution in [2.45, 2.75) is 19.1 Å². The van der Waals surface area contributed by atoms with Crippen LogP contribution in [0.25, 0.3) is 0 Å².